The molecule has 0 saturated heterocycles. The molecule has 5 rings (SSSR count). The van der Waals surface area contributed by atoms with Gasteiger partial charge < -0.3 is 10.4 Å². The molecular weight excluding hydrogens is 597 g/mol. The number of rotatable bonds is 11. The lowest BCUT2D eigenvalue weighted by Crippen LogP contribution is -2.23. The van der Waals surface area contributed by atoms with Gasteiger partial charge in [0, 0.05) is 46.7 Å². The number of aliphatic hydroxyl groups excluding tert-OH is 1. The average Bonchev–Trinajstić information content (AvgIpc) is 3.51. The molecule has 5 aromatic rings. The van der Waals surface area contributed by atoms with E-state index < -0.39 is 27.9 Å². The molecule has 0 aliphatic carbocycles. The van der Waals surface area contributed by atoms with Crippen LogP contribution < -0.4 is 10.0 Å². The zero-order valence-corrected chi connectivity index (χ0v) is 24.3. The molecule has 0 bridgehead atoms. The molecule has 3 N–H and O–H groups in total. The number of sulfonamides is 1. The van der Waals surface area contributed by atoms with Gasteiger partial charge in [-0.2, -0.15) is 13.2 Å². The van der Waals surface area contributed by atoms with E-state index in [4.69, 9.17) is 0 Å². The van der Waals surface area contributed by atoms with Crippen molar-refractivity contribution in [1.82, 2.24) is 15.3 Å². The summed E-state index contributed by atoms with van der Waals surface area (Å²) in [5.74, 6) is 0. The highest BCUT2D eigenvalue weighted by molar-refractivity contribution is 7.92. The molecule has 43 heavy (non-hydrogen) atoms. The lowest BCUT2D eigenvalue weighted by atomic mass is 10.1. The molecule has 3 aromatic carbocycles. The molecule has 1 atom stereocenters. The van der Waals surface area contributed by atoms with Gasteiger partial charge >= 0.3 is 6.18 Å². The van der Waals surface area contributed by atoms with Crippen molar-refractivity contribution in [3.8, 4) is 21.8 Å². The van der Waals surface area contributed by atoms with Gasteiger partial charge in [-0.15, -0.1) is 11.3 Å². The normalized spacial score (nSPS) is 12.7. The van der Waals surface area contributed by atoms with E-state index in [0.29, 0.717) is 47.0 Å². The molecule has 0 unspecified atom stereocenters. The highest BCUT2D eigenvalue weighted by Crippen LogP contribution is 2.33. The van der Waals surface area contributed by atoms with Crippen molar-refractivity contribution in [1.29, 1.82) is 0 Å². The van der Waals surface area contributed by atoms with E-state index >= 15 is 0 Å². The van der Waals surface area contributed by atoms with Gasteiger partial charge in [-0.05, 0) is 61.0 Å². The Bertz CT molecular complexity index is 1740. The van der Waals surface area contributed by atoms with Crippen LogP contribution in [0.3, 0.4) is 0 Å². The highest BCUT2D eigenvalue weighted by atomic mass is 32.2. The van der Waals surface area contributed by atoms with Crippen LogP contribution >= 0.6 is 11.3 Å². The quantitative estimate of drug-likeness (QED) is 0.144. The van der Waals surface area contributed by atoms with Crippen LogP contribution in [0.25, 0.3) is 21.8 Å². The van der Waals surface area contributed by atoms with Crippen molar-refractivity contribution in [3.63, 3.8) is 0 Å². The number of aromatic nitrogens is 2. The first-order valence-corrected chi connectivity index (χ1v) is 15.6. The number of alkyl halides is 3. The highest BCUT2D eigenvalue weighted by Gasteiger charge is 2.30. The fourth-order valence-electron chi connectivity index (χ4n) is 4.26. The number of benzene rings is 3. The molecule has 0 aliphatic rings. The topological polar surface area (TPSA) is 104 Å². The average molecular weight is 625 g/mol. The number of halogens is 3. The summed E-state index contributed by atoms with van der Waals surface area (Å²) in [6.07, 6.45) is -1.07. The monoisotopic (exact) mass is 624 g/mol. The molecule has 0 aliphatic heterocycles. The number of nitrogens with zero attached hydrogens (tertiary/aromatic N) is 2. The number of aliphatic hydroxyl groups is 1. The summed E-state index contributed by atoms with van der Waals surface area (Å²) in [4.78, 5) is 8.60. The fraction of sp³-hybridized carbons (Fsp3) is 0.161. The van der Waals surface area contributed by atoms with Gasteiger partial charge in [0.2, 0.25) is 0 Å². The molecule has 0 amide bonds. The minimum absolute atomic E-state index is 0.0798. The zero-order valence-electron chi connectivity index (χ0n) is 22.6. The summed E-state index contributed by atoms with van der Waals surface area (Å²) in [5, 5.41) is 15.8. The predicted octanol–water partition coefficient (Wildman–Crippen LogP) is 6.56. The van der Waals surface area contributed by atoms with E-state index in [1.165, 1.54) is 35.6 Å². The SMILES string of the molecule is O=S(=O)(Nc1ccc(CCNC[C@@H](O)c2cccnc2)cc1)c1ccc(-c2nc(-c3ccc(C(F)(F)F)cc3)cs2)cc1. The predicted molar refractivity (Wildman–Crippen MR) is 161 cm³/mol. The van der Waals surface area contributed by atoms with E-state index in [-0.39, 0.29) is 4.90 Å². The molecule has 0 radical (unpaired) electrons. The largest absolute Gasteiger partial charge is 0.416 e. The summed E-state index contributed by atoms with van der Waals surface area (Å²) >= 11 is 1.31. The number of anilines is 1. The zero-order chi connectivity index (χ0) is 30.5. The maximum absolute atomic E-state index is 13.0. The third-order valence-corrected chi connectivity index (χ3v) is 8.92. The van der Waals surface area contributed by atoms with Crippen molar-refractivity contribution in [3.05, 3.63) is 119 Å². The van der Waals surface area contributed by atoms with Gasteiger partial charge in [-0.1, -0.05) is 42.5 Å². The number of pyridine rings is 1. The summed E-state index contributed by atoms with van der Waals surface area (Å²) in [6.45, 7) is 1.03. The maximum Gasteiger partial charge on any atom is 0.416 e. The van der Waals surface area contributed by atoms with Gasteiger partial charge in [-0.3, -0.25) is 9.71 Å². The van der Waals surface area contributed by atoms with Crippen molar-refractivity contribution < 1.29 is 26.7 Å². The Morgan fingerprint density at radius 1 is 0.907 bits per heavy atom. The van der Waals surface area contributed by atoms with Crippen molar-refractivity contribution in [2.75, 3.05) is 17.8 Å². The number of hydrogen-bond donors (Lipinski definition) is 3. The molecule has 12 heteroatoms. The third-order valence-electron chi connectivity index (χ3n) is 6.63. The van der Waals surface area contributed by atoms with Crippen LogP contribution in [0.5, 0.6) is 0 Å². The molecule has 2 aromatic heterocycles. The Hall–Kier alpha value is -4.10. The minimum atomic E-state index is -4.41. The first kappa shape index (κ1) is 30.4. The first-order valence-electron chi connectivity index (χ1n) is 13.2. The van der Waals surface area contributed by atoms with E-state index in [0.717, 1.165) is 23.3 Å². The van der Waals surface area contributed by atoms with Gasteiger partial charge in [0.25, 0.3) is 10.0 Å². The molecule has 0 spiro atoms. The Kier molecular flexibility index (Phi) is 9.21. The van der Waals surface area contributed by atoms with Gasteiger partial charge in [0.1, 0.15) is 5.01 Å². The number of hydrogen-bond acceptors (Lipinski definition) is 7. The summed E-state index contributed by atoms with van der Waals surface area (Å²) < 4.78 is 67.1. The standard InChI is InChI=1S/C31H27F3N4O3S2/c32-31(33,34)25-9-5-22(6-10-25)28-20-42-30(37-28)23-7-13-27(14-8-23)43(40,41)38-26-11-3-21(4-12-26)15-17-36-19-29(39)24-2-1-16-35-18-24/h1-14,16,18,20,29,36,38-39H,15,17,19H2/t29-/m1/s1. The van der Waals surface area contributed by atoms with Gasteiger partial charge in [-0.25, -0.2) is 13.4 Å². The van der Waals surface area contributed by atoms with E-state index in [1.54, 1.807) is 48.1 Å². The second-order valence-corrected chi connectivity index (χ2v) is 12.2. The number of nitrogens with one attached hydrogen (secondary N) is 2. The Morgan fingerprint density at radius 2 is 1.60 bits per heavy atom. The second kappa shape index (κ2) is 13.0. The van der Waals surface area contributed by atoms with Crippen LogP contribution in [0.15, 0.2) is 108 Å². The van der Waals surface area contributed by atoms with E-state index in [2.05, 4.69) is 20.0 Å². The Balaban J connectivity index is 1.15. The van der Waals surface area contributed by atoms with Gasteiger partial charge in [0.05, 0.1) is 22.3 Å². The van der Waals surface area contributed by atoms with E-state index in [9.17, 15) is 26.7 Å². The van der Waals surface area contributed by atoms with Crippen molar-refractivity contribution in [2.45, 2.75) is 23.6 Å². The summed E-state index contributed by atoms with van der Waals surface area (Å²) in [7, 11) is -3.84. The van der Waals surface area contributed by atoms with Crippen LogP contribution in [-0.4, -0.2) is 36.6 Å². The molecular formula is C31H27F3N4O3S2. The summed E-state index contributed by atoms with van der Waals surface area (Å²) in [6, 6.07) is 21.7. The molecule has 0 saturated carbocycles. The van der Waals surface area contributed by atoms with Crippen LogP contribution in [0.1, 0.15) is 22.8 Å². The fourth-order valence-corrected chi connectivity index (χ4v) is 6.16. The summed E-state index contributed by atoms with van der Waals surface area (Å²) in [5.41, 5.74) is 3.23. The van der Waals surface area contributed by atoms with Crippen LogP contribution in [0.4, 0.5) is 18.9 Å². The smallest absolute Gasteiger partial charge is 0.387 e. The number of thiazole rings is 1. The van der Waals surface area contributed by atoms with Crippen molar-refractivity contribution >= 4 is 27.0 Å². The second-order valence-electron chi connectivity index (χ2n) is 9.70. The van der Waals surface area contributed by atoms with E-state index in [1.807, 2.05) is 18.2 Å². The van der Waals surface area contributed by atoms with Crippen molar-refractivity contribution in [2.24, 2.45) is 0 Å². The maximum atomic E-state index is 13.0. The molecule has 2 heterocycles. The molecule has 222 valence electrons. The molecule has 0 fully saturated rings. The Morgan fingerprint density at radius 3 is 2.26 bits per heavy atom. The first-order chi connectivity index (χ1) is 20.6. The lowest BCUT2D eigenvalue weighted by Gasteiger charge is -2.12. The lowest BCUT2D eigenvalue weighted by molar-refractivity contribution is -0.137. The minimum Gasteiger partial charge on any atom is -0.387 e. The third kappa shape index (κ3) is 7.85. The Labute approximate surface area is 251 Å². The van der Waals surface area contributed by atoms with Crippen LogP contribution in [0.2, 0.25) is 0 Å². The van der Waals surface area contributed by atoms with Gasteiger partial charge in [0.15, 0.2) is 0 Å². The molecule has 7 nitrogen and oxygen atoms in total. The van der Waals surface area contributed by atoms with Crippen LogP contribution in [0, 0.1) is 0 Å². The van der Waals surface area contributed by atoms with Crippen LogP contribution in [-0.2, 0) is 22.6 Å².